The molecule has 0 unspecified atom stereocenters. The molecule has 4 aromatic carbocycles. The summed E-state index contributed by atoms with van der Waals surface area (Å²) in [5, 5.41) is 4.84. The number of rotatable bonds is 3. The van der Waals surface area contributed by atoms with E-state index >= 15 is 0 Å². The van der Waals surface area contributed by atoms with E-state index in [2.05, 4.69) is 110 Å². The molecule has 0 aliphatic rings. The summed E-state index contributed by atoms with van der Waals surface area (Å²) in [6.45, 7) is 0. The van der Waals surface area contributed by atoms with Gasteiger partial charge in [-0.1, -0.05) is 72.8 Å². The maximum Gasteiger partial charge on any atom is 0.141 e. The second-order valence-corrected chi connectivity index (χ2v) is 9.37. The molecular weight excluding hydrogens is 466 g/mol. The molecule has 0 aliphatic carbocycles. The Morgan fingerprint density at radius 3 is 1.74 bits per heavy atom. The first-order valence-electron chi connectivity index (χ1n) is 12.6. The smallest absolute Gasteiger partial charge is 0.141 e. The van der Waals surface area contributed by atoms with Crippen LogP contribution >= 0.6 is 0 Å². The molecule has 0 bridgehead atoms. The van der Waals surface area contributed by atoms with Crippen molar-refractivity contribution in [1.29, 1.82) is 0 Å². The number of benzene rings is 4. The van der Waals surface area contributed by atoms with Crippen LogP contribution in [0.4, 0.5) is 0 Å². The lowest BCUT2D eigenvalue weighted by atomic mass is 10.1. The van der Waals surface area contributed by atoms with Gasteiger partial charge in [0, 0.05) is 33.8 Å². The van der Waals surface area contributed by atoms with E-state index in [1.54, 1.807) is 12.5 Å². The van der Waals surface area contributed by atoms with Crippen molar-refractivity contribution in [3.05, 3.63) is 128 Å². The Hall–Kier alpha value is -5.29. The minimum absolute atomic E-state index is 0.788. The first kappa shape index (κ1) is 20.9. The summed E-state index contributed by atoms with van der Waals surface area (Å²) in [6.07, 6.45) is 3.42. The van der Waals surface area contributed by atoms with Gasteiger partial charge in [0.05, 0.1) is 39.1 Å². The van der Waals surface area contributed by atoms with Gasteiger partial charge in [0.2, 0.25) is 0 Å². The number of aromatic nitrogens is 5. The third kappa shape index (κ3) is 2.96. The van der Waals surface area contributed by atoms with Gasteiger partial charge in [0.15, 0.2) is 0 Å². The molecule has 0 saturated carbocycles. The molecule has 0 N–H and O–H groups in total. The van der Waals surface area contributed by atoms with Crippen molar-refractivity contribution in [2.24, 2.45) is 0 Å². The van der Waals surface area contributed by atoms with Crippen LogP contribution in [0.2, 0.25) is 0 Å². The molecule has 0 spiro atoms. The Kier molecular flexibility index (Phi) is 4.45. The Morgan fingerprint density at radius 1 is 0.447 bits per heavy atom. The van der Waals surface area contributed by atoms with E-state index in [0.717, 1.165) is 33.9 Å². The predicted molar refractivity (Wildman–Crippen MR) is 154 cm³/mol. The van der Waals surface area contributed by atoms with Crippen LogP contribution in [-0.4, -0.2) is 24.1 Å². The fourth-order valence-electron chi connectivity index (χ4n) is 5.72. The highest BCUT2D eigenvalue weighted by molar-refractivity contribution is 6.14. The Balaban J connectivity index is 1.52. The van der Waals surface area contributed by atoms with Crippen LogP contribution in [0.15, 0.2) is 128 Å². The minimum Gasteiger partial charge on any atom is -0.307 e. The summed E-state index contributed by atoms with van der Waals surface area (Å²) in [5.41, 5.74) is 7.27. The standard InChI is InChI=1S/C33H21N5/c1-4-15-28-22(10-1)23-11-2-5-16-29(23)37(28)31-18-9-13-25-24-12-3-6-17-30(24)38(33(25)31)32-20-27(35-21-36-32)26-14-7-8-19-34-26/h1-21H. The van der Waals surface area contributed by atoms with E-state index in [4.69, 9.17) is 4.98 Å². The molecule has 4 heterocycles. The van der Waals surface area contributed by atoms with Gasteiger partial charge in [-0.05, 0) is 36.4 Å². The topological polar surface area (TPSA) is 48.5 Å². The summed E-state index contributed by atoms with van der Waals surface area (Å²) in [5.74, 6) is 0.806. The van der Waals surface area contributed by atoms with Crippen LogP contribution < -0.4 is 0 Å². The molecule has 0 aliphatic heterocycles. The summed E-state index contributed by atoms with van der Waals surface area (Å²) < 4.78 is 4.64. The van der Waals surface area contributed by atoms with Gasteiger partial charge >= 0.3 is 0 Å². The molecular formula is C33H21N5. The van der Waals surface area contributed by atoms with Crippen molar-refractivity contribution in [2.75, 3.05) is 0 Å². The van der Waals surface area contributed by atoms with Gasteiger partial charge in [-0.2, -0.15) is 0 Å². The number of hydrogen-bond acceptors (Lipinski definition) is 3. The highest BCUT2D eigenvalue weighted by Gasteiger charge is 2.20. The third-order valence-corrected chi connectivity index (χ3v) is 7.30. The zero-order valence-corrected chi connectivity index (χ0v) is 20.4. The largest absolute Gasteiger partial charge is 0.307 e. The molecule has 5 nitrogen and oxygen atoms in total. The average molecular weight is 488 g/mol. The first-order chi connectivity index (χ1) is 18.9. The fraction of sp³-hybridized carbons (Fsp3) is 0. The van der Waals surface area contributed by atoms with Crippen LogP contribution in [0.3, 0.4) is 0 Å². The molecule has 178 valence electrons. The quantitative estimate of drug-likeness (QED) is 0.256. The lowest BCUT2D eigenvalue weighted by molar-refractivity contribution is 1.03. The average Bonchev–Trinajstić information content (AvgIpc) is 3.51. The normalized spacial score (nSPS) is 11.7. The molecule has 0 radical (unpaired) electrons. The van der Waals surface area contributed by atoms with Crippen LogP contribution in [0, 0.1) is 0 Å². The fourth-order valence-corrected chi connectivity index (χ4v) is 5.72. The maximum atomic E-state index is 4.77. The molecule has 0 saturated heterocycles. The second-order valence-electron chi connectivity index (χ2n) is 9.37. The van der Waals surface area contributed by atoms with E-state index < -0.39 is 0 Å². The van der Waals surface area contributed by atoms with Gasteiger partial charge in [-0.25, -0.2) is 9.97 Å². The van der Waals surface area contributed by atoms with Gasteiger partial charge in [0.1, 0.15) is 12.1 Å². The Labute approximate surface area is 218 Å². The molecule has 0 amide bonds. The van der Waals surface area contributed by atoms with Gasteiger partial charge < -0.3 is 4.57 Å². The summed E-state index contributed by atoms with van der Waals surface area (Å²) in [7, 11) is 0. The van der Waals surface area contributed by atoms with Crippen molar-refractivity contribution in [2.45, 2.75) is 0 Å². The van der Waals surface area contributed by atoms with E-state index in [9.17, 15) is 0 Å². The SMILES string of the molecule is c1ccc(-c2cc(-n3c4ccccc4c4cccc(-n5c6ccccc6c6ccccc65)c43)ncn2)nc1. The number of nitrogens with zero attached hydrogens (tertiary/aromatic N) is 5. The molecule has 0 fully saturated rings. The van der Waals surface area contributed by atoms with Crippen molar-refractivity contribution in [1.82, 2.24) is 24.1 Å². The Morgan fingerprint density at radius 2 is 1.05 bits per heavy atom. The van der Waals surface area contributed by atoms with Crippen LogP contribution in [0.25, 0.3) is 66.5 Å². The molecule has 38 heavy (non-hydrogen) atoms. The van der Waals surface area contributed by atoms with Crippen LogP contribution in [0.5, 0.6) is 0 Å². The number of fused-ring (bicyclic) bond motifs is 6. The zero-order valence-electron chi connectivity index (χ0n) is 20.4. The highest BCUT2D eigenvalue weighted by atomic mass is 15.1. The predicted octanol–water partition coefficient (Wildman–Crippen LogP) is 7.73. The number of para-hydroxylation sites is 4. The van der Waals surface area contributed by atoms with Crippen LogP contribution in [0.1, 0.15) is 0 Å². The first-order valence-corrected chi connectivity index (χ1v) is 12.6. The van der Waals surface area contributed by atoms with Gasteiger partial charge in [-0.3, -0.25) is 9.55 Å². The zero-order chi connectivity index (χ0) is 25.1. The number of hydrogen-bond donors (Lipinski definition) is 0. The van der Waals surface area contributed by atoms with E-state index in [-0.39, 0.29) is 0 Å². The van der Waals surface area contributed by atoms with E-state index in [1.165, 1.54) is 32.6 Å². The third-order valence-electron chi connectivity index (χ3n) is 7.30. The van der Waals surface area contributed by atoms with Crippen molar-refractivity contribution in [3.8, 4) is 22.9 Å². The molecule has 8 rings (SSSR count). The molecule has 0 atom stereocenters. The van der Waals surface area contributed by atoms with E-state index in [0.29, 0.717) is 0 Å². The summed E-state index contributed by atoms with van der Waals surface area (Å²) in [4.78, 5) is 13.8. The van der Waals surface area contributed by atoms with Crippen LogP contribution in [-0.2, 0) is 0 Å². The molecule has 5 heteroatoms. The molecule has 8 aromatic rings. The second kappa shape index (κ2) is 8.11. The monoisotopic (exact) mass is 487 g/mol. The highest BCUT2D eigenvalue weighted by Crippen LogP contribution is 2.39. The summed E-state index contributed by atoms with van der Waals surface area (Å²) in [6, 6.07) is 40.2. The summed E-state index contributed by atoms with van der Waals surface area (Å²) >= 11 is 0. The lowest BCUT2D eigenvalue weighted by Crippen LogP contribution is -2.03. The minimum atomic E-state index is 0.788. The van der Waals surface area contributed by atoms with Gasteiger partial charge in [0.25, 0.3) is 0 Å². The Bertz CT molecular complexity index is 2080. The number of pyridine rings is 1. The lowest BCUT2D eigenvalue weighted by Gasteiger charge is -2.14. The van der Waals surface area contributed by atoms with Crippen molar-refractivity contribution in [3.63, 3.8) is 0 Å². The van der Waals surface area contributed by atoms with E-state index in [1.807, 2.05) is 24.3 Å². The van der Waals surface area contributed by atoms with Crippen molar-refractivity contribution < 1.29 is 0 Å². The van der Waals surface area contributed by atoms with Crippen molar-refractivity contribution >= 4 is 43.6 Å². The van der Waals surface area contributed by atoms with Gasteiger partial charge in [-0.15, -0.1) is 0 Å². The maximum absolute atomic E-state index is 4.77. The molecule has 4 aromatic heterocycles.